The number of rotatable bonds is 12. The molecule has 4 aromatic rings. The van der Waals surface area contributed by atoms with E-state index >= 15 is 0 Å². The van der Waals surface area contributed by atoms with Gasteiger partial charge in [0.15, 0.2) is 0 Å². The van der Waals surface area contributed by atoms with E-state index in [9.17, 15) is 14.4 Å². The summed E-state index contributed by atoms with van der Waals surface area (Å²) in [5.41, 5.74) is 3.24. The number of carbonyl (C=O) groups is 3. The predicted molar refractivity (Wildman–Crippen MR) is 181 cm³/mol. The Morgan fingerprint density at radius 3 is 2.29 bits per heavy atom. The van der Waals surface area contributed by atoms with Crippen molar-refractivity contribution in [3.05, 3.63) is 118 Å². The van der Waals surface area contributed by atoms with Gasteiger partial charge in [0.25, 0.3) is 11.8 Å². The lowest BCUT2D eigenvalue weighted by Gasteiger charge is -2.18. The third kappa shape index (κ3) is 9.14. The number of ether oxygens (including phenoxy) is 2. The van der Waals surface area contributed by atoms with E-state index in [2.05, 4.69) is 16.0 Å². The van der Waals surface area contributed by atoms with Crippen LogP contribution in [0.15, 0.2) is 102 Å². The summed E-state index contributed by atoms with van der Waals surface area (Å²) in [4.78, 5) is 40.5. The summed E-state index contributed by atoms with van der Waals surface area (Å²) in [5, 5.41) is 8.44. The third-order valence-corrected chi connectivity index (χ3v) is 8.30. The van der Waals surface area contributed by atoms with Crippen molar-refractivity contribution < 1.29 is 23.9 Å². The minimum absolute atomic E-state index is 0.0884. The molecule has 0 aliphatic rings. The van der Waals surface area contributed by atoms with Gasteiger partial charge in [0.05, 0.1) is 30.2 Å². The Balaban J connectivity index is 1.51. The van der Waals surface area contributed by atoms with Gasteiger partial charge in [-0.1, -0.05) is 72.6 Å². The lowest BCUT2D eigenvalue weighted by molar-refractivity contribution is -0.116. The van der Waals surface area contributed by atoms with Gasteiger partial charge in [0.2, 0.25) is 5.91 Å². The number of benzene rings is 4. The molecular weight excluding hydrogens is 610 g/mol. The highest BCUT2D eigenvalue weighted by atomic mass is 35.5. The van der Waals surface area contributed by atoms with Crippen molar-refractivity contribution in [1.29, 1.82) is 0 Å². The molecule has 0 aliphatic heterocycles. The van der Waals surface area contributed by atoms with Crippen molar-refractivity contribution >= 4 is 58.5 Å². The van der Waals surface area contributed by atoms with Crippen LogP contribution in [0.3, 0.4) is 0 Å². The Bertz CT molecular complexity index is 1710. The molecule has 1 unspecified atom stereocenters. The van der Waals surface area contributed by atoms with E-state index in [1.807, 2.05) is 50.2 Å². The van der Waals surface area contributed by atoms with Crippen LogP contribution in [0.4, 0.5) is 11.4 Å². The van der Waals surface area contributed by atoms with Gasteiger partial charge in [-0.3, -0.25) is 14.4 Å². The second-order valence-corrected chi connectivity index (χ2v) is 11.6. The van der Waals surface area contributed by atoms with Gasteiger partial charge in [0, 0.05) is 22.2 Å². The molecule has 0 aromatic heterocycles. The number of anilines is 2. The summed E-state index contributed by atoms with van der Waals surface area (Å²) in [5.74, 6) is -0.272. The van der Waals surface area contributed by atoms with Gasteiger partial charge < -0.3 is 25.4 Å². The number of methoxy groups -OCH3 is 2. The average molecular weight is 644 g/mol. The van der Waals surface area contributed by atoms with Gasteiger partial charge in [0.1, 0.15) is 17.2 Å². The lowest BCUT2D eigenvalue weighted by atomic mass is 10.1. The molecule has 232 valence electrons. The molecule has 10 heteroatoms. The highest BCUT2D eigenvalue weighted by molar-refractivity contribution is 8.00. The van der Waals surface area contributed by atoms with E-state index in [1.54, 1.807) is 60.7 Å². The van der Waals surface area contributed by atoms with E-state index in [1.165, 1.54) is 26.0 Å². The molecule has 0 fully saturated rings. The van der Waals surface area contributed by atoms with Crippen LogP contribution in [0.5, 0.6) is 11.5 Å². The topological polar surface area (TPSA) is 106 Å². The van der Waals surface area contributed by atoms with Crippen LogP contribution < -0.4 is 25.4 Å². The number of carbonyl (C=O) groups excluding carboxylic acids is 3. The largest absolute Gasteiger partial charge is 0.495 e. The number of hydrogen-bond donors (Lipinski definition) is 3. The molecule has 8 nitrogen and oxygen atoms in total. The Kier molecular flexibility index (Phi) is 11.7. The van der Waals surface area contributed by atoms with Gasteiger partial charge in [-0.05, 0) is 61.4 Å². The smallest absolute Gasteiger partial charge is 0.272 e. The molecule has 0 heterocycles. The number of aryl methyl sites for hydroxylation is 1. The van der Waals surface area contributed by atoms with Crippen LogP contribution >= 0.6 is 23.4 Å². The van der Waals surface area contributed by atoms with Crippen molar-refractivity contribution in [2.45, 2.75) is 30.4 Å². The lowest BCUT2D eigenvalue weighted by Crippen LogP contribution is -2.30. The zero-order valence-corrected chi connectivity index (χ0v) is 26.9. The zero-order chi connectivity index (χ0) is 32.3. The normalized spacial score (nSPS) is 11.7. The van der Waals surface area contributed by atoms with Gasteiger partial charge >= 0.3 is 0 Å². The first kappa shape index (κ1) is 33.2. The van der Waals surface area contributed by atoms with Crippen molar-refractivity contribution in [2.24, 2.45) is 0 Å². The van der Waals surface area contributed by atoms with Crippen molar-refractivity contribution in [3.63, 3.8) is 0 Å². The molecule has 0 spiro atoms. The standard InChI is InChI=1S/C35H34ClN3O5S/c1-5-32(35(42)38-28-20-27(36)30(43-3)21-31(28)44-4)45-26-16-10-15-25(19-26)37-34(41)29(18-23-12-9-11-22(2)17-23)39-33(40)24-13-7-6-8-14-24/h6-21,32H,5H2,1-4H3,(H,37,41)(H,38,42)(H,39,40)/b29-18+. The van der Waals surface area contributed by atoms with Crippen molar-refractivity contribution in [2.75, 3.05) is 24.9 Å². The number of thioether (sulfide) groups is 1. The Hall–Kier alpha value is -4.73. The van der Waals surface area contributed by atoms with Crippen LogP contribution in [-0.4, -0.2) is 37.2 Å². The number of nitrogens with one attached hydrogen (secondary N) is 3. The van der Waals surface area contributed by atoms with E-state index in [-0.39, 0.29) is 11.6 Å². The maximum absolute atomic E-state index is 13.5. The number of halogens is 1. The predicted octanol–water partition coefficient (Wildman–Crippen LogP) is 7.58. The summed E-state index contributed by atoms with van der Waals surface area (Å²) in [6.45, 7) is 3.87. The van der Waals surface area contributed by atoms with Crippen LogP contribution in [0, 0.1) is 6.92 Å². The highest BCUT2D eigenvalue weighted by Gasteiger charge is 2.21. The molecule has 4 aromatic carbocycles. The first-order valence-corrected chi connectivity index (χ1v) is 15.4. The summed E-state index contributed by atoms with van der Waals surface area (Å²) in [6, 6.07) is 26.7. The second-order valence-electron chi connectivity index (χ2n) is 9.97. The van der Waals surface area contributed by atoms with Crippen LogP contribution in [0.1, 0.15) is 34.8 Å². The van der Waals surface area contributed by atoms with Crippen LogP contribution in [0.25, 0.3) is 6.08 Å². The Morgan fingerprint density at radius 2 is 1.60 bits per heavy atom. The maximum atomic E-state index is 13.5. The fourth-order valence-electron chi connectivity index (χ4n) is 4.37. The van der Waals surface area contributed by atoms with Gasteiger partial charge in [-0.25, -0.2) is 0 Å². The molecule has 1 atom stereocenters. The summed E-state index contributed by atoms with van der Waals surface area (Å²) < 4.78 is 10.6. The molecule has 3 N–H and O–H groups in total. The summed E-state index contributed by atoms with van der Waals surface area (Å²) in [6.07, 6.45) is 2.17. The molecule has 3 amide bonds. The van der Waals surface area contributed by atoms with E-state index in [0.29, 0.717) is 39.9 Å². The summed E-state index contributed by atoms with van der Waals surface area (Å²) in [7, 11) is 3.00. The van der Waals surface area contributed by atoms with Crippen LogP contribution in [0.2, 0.25) is 5.02 Å². The molecule has 0 radical (unpaired) electrons. The zero-order valence-electron chi connectivity index (χ0n) is 25.3. The molecule has 0 bridgehead atoms. The van der Waals surface area contributed by atoms with Crippen LogP contribution in [-0.2, 0) is 9.59 Å². The third-order valence-electron chi connectivity index (χ3n) is 6.65. The first-order chi connectivity index (χ1) is 21.7. The fraction of sp³-hybridized carbons (Fsp3) is 0.171. The molecular formula is C35H34ClN3O5S. The molecule has 0 saturated heterocycles. The SMILES string of the molecule is CCC(Sc1cccc(NC(=O)/C(=C\c2cccc(C)c2)NC(=O)c2ccccc2)c1)C(=O)Nc1cc(Cl)c(OC)cc1OC. The average Bonchev–Trinajstić information content (AvgIpc) is 3.04. The minimum atomic E-state index is -0.490. The van der Waals surface area contributed by atoms with Gasteiger partial charge in [-0.15, -0.1) is 11.8 Å². The number of amides is 3. The molecule has 4 rings (SSSR count). The summed E-state index contributed by atoms with van der Waals surface area (Å²) >= 11 is 7.64. The Labute approximate surface area is 272 Å². The number of hydrogen-bond acceptors (Lipinski definition) is 6. The minimum Gasteiger partial charge on any atom is -0.495 e. The maximum Gasteiger partial charge on any atom is 0.272 e. The highest BCUT2D eigenvalue weighted by Crippen LogP contribution is 2.37. The second kappa shape index (κ2) is 15.8. The van der Waals surface area contributed by atoms with E-state index in [0.717, 1.165) is 16.0 Å². The quantitative estimate of drug-likeness (QED) is 0.109. The van der Waals surface area contributed by atoms with Gasteiger partial charge in [-0.2, -0.15) is 0 Å². The van der Waals surface area contributed by atoms with Crippen molar-refractivity contribution in [1.82, 2.24) is 5.32 Å². The molecule has 0 saturated carbocycles. The molecule has 45 heavy (non-hydrogen) atoms. The van der Waals surface area contributed by atoms with E-state index < -0.39 is 17.1 Å². The molecule has 0 aliphatic carbocycles. The van der Waals surface area contributed by atoms with Crippen molar-refractivity contribution in [3.8, 4) is 11.5 Å². The first-order valence-electron chi connectivity index (χ1n) is 14.2. The fourth-order valence-corrected chi connectivity index (χ4v) is 5.63. The Morgan fingerprint density at radius 1 is 0.867 bits per heavy atom. The van der Waals surface area contributed by atoms with E-state index in [4.69, 9.17) is 21.1 Å². The monoisotopic (exact) mass is 643 g/mol.